The molecule has 0 atom stereocenters. The molecule has 1 saturated heterocycles. The molecule has 0 bridgehead atoms. The van der Waals surface area contributed by atoms with Gasteiger partial charge in [0.15, 0.2) is 0 Å². The van der Waals surface area contributed by atoms with E-state index in [-0.39, 0.29) is 0 Å². The SMILES string of the molecule is Clc1ccc(C2(CI)OCCO2)cc1. The Morgan fingerprint density at radius 1 is 1.21 bits per heavy atom. The molecule has 14 heavy (non-hydrogen) atoms. The molecule has 0 spiro atoms. The van der Waals surface area contributed by atoms with Crippen molar-refractivity contribution in [3.8, 4) is 0 Å². The average molecular weight is 325 g/mol. The smallest absolute Gasteiger partial charge is 0.204 e. The summed E-state index contributed by atoms with van der Waals surface area (Å²) >= 11 is 8.09. The summed E-state index contributed by atoms with van der Waals surface area (Å²) in [5.74, 6) is -0.550. The van der Waals surface area contributed by atoms with E-state index in [2.05, 4.69) is 22.6 Å². The van der Waals surface area contributed by atoms with Crippen LogP contribution in [-0.4, -0.2) is 17.6 Å². The highest BCUT2D eigenvalue weighted by atomic mass is 127. The first-order chi connectivity index (χ1) is 6.77. The van der Waals surface area contributed by atoms with Gasteiger partial charge < -0.3 is 9.47 Å². The molecule has 1 aliphatic rings. The van der Waals surface area contributed by atoms with Crippen molar-refractivity contribution in [2.24, 2.45) is 0 Å². The van der Waals surface area contributed by atoms with Crippen LogP contribution in [-0.2, 0) is 15.3 Å². The number of benzene rings is 1. The van der Waals surface area contributed by atoms with Crippen LogP contribution in [0.15, 0.2) is 24.3 Å². The summed E-state index contributed by atoms with van der Waals surface area (Å²) in [6, 6.07) is 7.62. The van der Waals surface area contributed by atoms with E-state index in [9.17, 15) is 0 Å². The van der Waals surface area contributed by atoms with Gasteiger partial charge in [0.25, 0.3) is 0 Å². The first-order valence-corrected chi connectivity index (χ1v) is 6.27. The van der Waals surface area contributed by atoms with Gasteiger partial charge in [-0.3, -0.25) is 0 Å². The minimum absolute atomic E-state index is 0.550. The Hall–Kier alpha value is 0.160. The second-order valence-electron chi connectivity index (χ2n) is 3.09. The van der Waals surface area contributed by atoms with Gasteiger partial charge in [-0.2, -0.15) is 0 Å². The molecule has 0 radical (unpaired) electrons. The Kier molecular flexibility index (Phi) is 3.31. The van der Waals surface area contributed by atoms with Crippen LogP contribution in [0.25, 0.3) is 0 Å². The van der Waals surface area contributed by atoms with Crippen molar-refractivity contribution >= 4 is 34.2 Å². The van der Waals surface area contributed by atoms with Gasteiger partial charge >= 0.3 is 0 Å². The summed E-state index contributed by atoms with van der Waals surface area (Å²) in [5.41, 5.74) is 1.04. The fourth-order valence-corrected chi connectivity index (χ4v) is 2.49. The van der Waals surface area contributed by atoms with Crippen LogP contribution < -0.4 is 0 Å². The molecular formula is C10H10ClIO2. The largest absolute Gasteiger partial charge is 0.343 e. The Labute approximate surface area is 102 Å². The van der Waals surface area contributed by atoms with Gasteiger partial charge in [-0.1, -0.05) is 46.3 Å². The zero-order valence-corrected chi connectivity index (χ0v) is 10.4. The highest BCUT2D eigenvalue weighted by Gasteiger charge is 2.37. The van der Waals surface area contributed by atoms with Crippen LogP contribution in [0.4, 0.5) is 0 Å². The van der Waals surface area contributed by atoms with E-state index in [1.807, 2.05) is 24.3 Å². The zero-order valence-electron chi connectivity index (χ0n) is 7.50. The molecule has 0 amide bonds. The molecule has 1 aromatic carbocycles. The summed E-state index contributed by atoms with van der Waals surface area (Å²) in [7, 11) is 0. The van der Waals surface area contributed by atoms with Crippen molar-refractivity contribution in [2.75, 3.05) is 17.6 Å². The van der Waals surface area contributed by atoms with Gasteiger partial charge in [-0.25, -0.2) is 0 Å². The Balaban J connectivity index is 2.31. The highest BCUT2D eigenvalue weighted by Crippen LogP contribution is 2.33. The lowest BCUT2D eigenvalue weighted by Gasteiger charge is -2.25. The molecule has 2 rings (SSSR count). The van der Waals surface area contributed by atoms with E-state index >= 15 is 0 Å². The van der Waals surface area contributed by atoms with Gasteiger partial charge in [0.1, 0.15) is 0 Å². The van der Waals surface area contributed by atoms with Gasteiger partial charge in [0, 0.05) is 10.6 Å². The van der Waals surface area contributed by atoms with Crippen LogP contribution in [0.5, 0.6) is 0 Å². The number of hydrogen-bond acceptors (Lipinski definition) is 2. The second kappa shape index (κ2) is 4.35. The monoisotopic (exact) mass is 324 g/mol. The number of rotatable bonds is 2. The molecule has 1 aliphatic heterocycles. The Morgan fingerprint density at radius 2 is 1.79 bits per heavy atom. The lowest BCUT2D eigenvalue weighted by atomic mass is 10.1. The van der Waals surface area contributed by atoms with Gasteiger partial charge in [0.05, 0.1) is 17.6 Å². The standard InChI is InChI=1S/C10H10ClIO2/c11-9-3-1-8(2-4-9)10(7-12)13-5-6-14-10/h1-4H,5-7H2. The molecule has 1 aromatic rings. The number of hydrogen-bond donors (Lipinski definition) is 0. The third kappa shape index (κ3) is 1.91. The first-order valence-electron chi connectivity index (χ1n) is 4.37. The maximum absolute atomic E-state index is 5.82. The van der Waals surface area contributed by atoms with E-state index in [0.29, 0.717) is 13.2 Å². The molecule has 0 saturated carbocycles. The predicted octanol–water partition coefficient (Wildman–Crippen LogP) is 2.97. The normalized spacial score (nSPS) is 19.9. The van der Waals surface area contributed by atoms with Crippen LogP contribution in [0.1, 0.15) is 5.56 Å². The zero-order chi connectivity index (χ0) is 10.0. The summed E-state index contributed by atoms with van der Waals surface area (Å²) in [4.78, 5) is 0. The fraction of sp³-hybridized carbons (Fsp3) is 0.400. The maximum atomic E-state index is 5.82. The second-order valence-corrected chi connectivity index (χ2v) is 4.29. The number of halogens is 2. The quantitative estimate of drug-likeness (QED) is 0.615. The van der Waals surface area contributed by atoms with Crippen molar-refractivity contribution in [3.05, 3.63) is 34.9 Å². The summed E-state index contributed by atoms with van der Waals surface area (Å²) < 4.78 is 12.1. The lowest BCUT2D eigenvalue weighted by Crippen LogP contribution is -2.28. The van der Waals surface area contributed by atoms with Crippen molar-refractivity contribution < 1.29 is 9.47 Å². The van der Waals surface area contributed by atoms with E-state index < -0.39 is 5.79 Å². The van der Waals surface area contributed by atoms with Gasteiger partial charge in [0.2, 0.25) is 5.79 Å². The maximum Gasteiger partial charge on any atom is 0.204 e. The molecule has 0 aromatic heterocycles. The van der Waals surface area contributed by atoms with Crippen molar-refractivity contribution in [3.63, 3.8) is 0 Å². The Bertz CT molecular complexity index is 306. The molecule has 2 nitrogen and oxygen atoms in total. The summed E-state index contributed by atoms with van der Waals surface area (Å²) in [6.45, 7) is 1.32. The highest BCUT2D eigenvalue weighted by molar-refractivity contribution is 14.1. The van der Waals surface area contributed by atoms with Gasteiger partial charge in [-0.15, -0.1) is 0 Å². The molecule has 1 heterocycles. The van der Waals surface area contributed by atoms with E-state index in [4.69, 9.17) is 21.1 Å². The number of ether oxygens (including phenoxy) is 2. The predicted molar refractivity (Wildman–Crippen MR) is 63.9 cm³/mol. The third-order valence-electron chi connectivity index (χ3n) is 2.21. The fourth-order valence-electron chi connectivity index (χ4n) is 1.48. The molecule has 0 aliphatic carbocycles. The van der Waals surface area contributed by atoms with E-state index in [0.717, 1.165) is 15.0 Å². The molecular weight excluding hydrogens is 314 g/mol. The van der Waals surface area contributed by atoms with Crippen LogP contribution >= 0.6 is 34.2 Å². The summed E-state index contributed by atoms with van der Waals surface area (Å²) in [6.07, 6.45) is 0. The first kappa shape index (κ1) is 10.7. The molecule has 0 unspecified atom stereocenters. The minimum atomic E-state index is -0.550. The van der Waals surface area contributed by atoms with Crippen molar-refractivity contribution in [2.45, 2.75) is 5.79 Å². The van der Waals surface area contributed by atoms with Crippen LogP contribution in [0.2, 0.25) is 5.02 Å². The van der Waals surface area contributed by atoms with E-state index in [1.54, 1.807) is 0 Å². The average Bonchev–Trinajstić information content (AvgIpc) is 2.68. The topological polar surface area (TPSA) is 18.5 Å². The minimum Gasteiger partial charge on any atom is -0.343 e. The van der Waals surface area contributed by atoms with Crippen molar-refractivity contribution in [1.29, 1.82) is 0 Å². The summed E-state index contributed by atoms with van der Waals surface area (Å²) in [5, 5.41) is 0.732. The van der Waals surface area contributed by atoms with E-state index in [1.165, 1.54) is 0 Å². The third-order valence-corrected chi connectivity index (χ3v) is 3.47. The Morgan fingerprint density at radius 3 is 2.29 bits per heavy atom. The molecule has 0 N–H and O–H groups in total. The van der Waals surface area contributed by atoms with Gasteiger partial charge in [-0.05, 0) is 12.1 Å². The molecule has 76 valence electrons. The van der Waals surface area contributed by atoms with Crippen molar-refractivity contribution in [1.82, 2.24) is 0 Å². The van der Waals surface area contributed by atoms with Crippen LogP contribution in [0.3, 0.4) is 0 Å². The lowest BCUT2D eigenvalue weighted by molar-refractivity contribution is -0.142. The molecule has 1 fully saturated rings. The number of alkyl halides is 1. The van der Waals surface area contributed by atoms with Crippen LogP contribution in [0, 0.1) is 0 Å². The molecule has 4 heteroatoms.